The number of nitrogens with one attached hydrogen (secondary N) is 1. The zero-order valence-electron chi connectivity index (χ0n) is 20.8. The number of fused-ring (bicyclic) bond motifs is 1. The predicted octanol–water partition coefficient (Wildman–Crippen LogP) is 3.42. The molecule has 9 heteroatoms. The second kappa shape index (κ2) is 11.4. The fourth-order valence-electron chi connectivity index (χ4n) is 4.92. The van der Waals surface area contributed by atoms with Crippen LogP contribution in [0.4, 0.5) is 5.69 Å². The molecule has 3 N–H and O–H groups in total. The predicted molar refractivity (Wildman–Crippen MR) is 144 cm³/mol. The summed E-state index contributed by atoms with van der Waals surface area (Å²) < 4.78 is 25.9. The van der Waals surface area contributed by atoms with Crippen molar-refractivity contribution in [2.45, 2.75) is 24.6 Å². The van der Waals surface area contributed by atoms with Crippen molar-refractivity contribution >= 4 is 21.7 Å². The number of hydrogen-bond acceptors (Lipinski definition) is 6. The van der Waals surface area contributed by atoms with Gasteiger partial charge in [-0.05, 0) is 36.1 Å². The molecule has 5 rings (SSSR count). The maximum absolute atomic E-state index is 12.8. The molecule has 2 heterocycles. The van der Waals surface area contributed by atoms with Crippen molar-refractivity contribution in [1.82, 2.24) is 10.2 Å². The highest BCUT2D eigenvalue weighted by molar-refractivity contribution is 7.85. The molecular formula is C28H33N3O5S. The van der Waals surface area contributed by atoms with Gasteiger partial charge in [-0.2, -0.15) is 8.42 Å². The molecule has 1 atom stereocenters. The molecule has 3 aromatic rings. The van der Waals surface area contributed by atoms with Crippen molar-refractivity contribution in [3.63, 3.8) is 0 Å². The Labute approximate surface area is 218 Å². The fraction of sp³-hybridized carbons (Fsp3) is 0.321. The van der Waals surface area contributed by atoms with E-state index in [-0.39, 0.29) is 12.1 Å². The van der Waals surface area contributed by atoms with Gasteiger partial charge in [-0.1, -0.05) is 72.8 Å². The Morgan fingerprint density at radius 2 is 1.43 bits per heavy atom. The van der Waals surface area contributed by atoms with Gasteiger partial charge in [-0.15, -0.1) is 0 Å². The lowest BCUT2D eigenvalue weighted by atomic mass is 9.84. The van der Waals surface area contributed by atoms with E-state index < -0.39 is 15.7 Å². The van der Waals surface area contributed by atoms with E-state index >= 15 is 0 Å². The van der Waals surface area contributed by atoms with Gasteiger partial charge < -0.3 is 20.2 Å². The normalized spacial score (nSPS) is 19.3. The molecule has 2 aliphatic rings. The van der Waals surface area contributed by atoms with Crippen LogP contribution in [0.3, 0.4) is 0 Å². The molecule has 0 spiro atoms. The van der Waals surface area contributed by atoms with Crippen molar-refractivity contribution in [1.29, 1.82) is 0 Å². The molecule has 0 saturated carbocycles. The highest BCUT2D eigenvalue weighted by atomic mass is 32.2. The summed E-state index contributed by atoms with van der Waals surface area (Å²) in [5.41, 5.74) is 3.04. The number of amides is 1. The van der Waals surface area contributed by atoms with Gasteiger partial charge in [0.25, 0.3) is 16.0 Å². The lowest BCUT2D eigenvalue weighted by Gasteiger charge is -2.42. The number of carbonyl (C=O) groups excluding carboxylic acids is 1. The maximum Gasteiger partial charge on any atom is 0.261 e. The van der Waals surface area contributed by atoms with Gasteiger partial charge in [0.15, 0.2) is 0 Å². The lowest BCUT2D eigenvalue weighted by Crippen LogP contribution is -2.50. The smallest absolute Gasteiger partial charge is 0.261 e. The third-order valence-electron chi connectivity index (χ3n) is 6.80. The van der Waals surface area contributed by atoms with Crippen LogP contribution in [0.25, 0.3) is 0 Å². The van der Waals surface area contributed by atoms with Crippen LogP contribution in [0.2, 0.25) is 0 Å². The average molecular weight is 524 g/mol. The lowest BCUT2D eigenvalue weighted by molar-refractivity contribution is -0.0253. The zero-order valence-corrected chi connectivity index (χ0v) is 21.6. The molecule has 2 aliphatic heterocycles. The van der Waals surface area contributed by atoms with E-state index in [1.54, 1.807) is 0 Å². The van der Waals surface area contributed by atoms with Gasteiger partial charge in [0.1, 0.15) is 6.17 Å². The van der Waals surface area contributed by atoms with E-state index in [1.807, 2.05) is 72.8 Å². The Hall–Kier alpha value is -3.24. The van der Waals surface area contributed by atoms with Crippen molar-refractivity contribution < 1.29 is 22.9 Å². The number of carbonyl (C=O) groups is 1. The summed E-state index contributed by atoms with van der Waals surface area (Å²) in [4.78, 5) is 17.5. The molecule has 0 radical (unpaired) electrons. The number of piperidine rings is 1. The molecule has 0 bridgehead atoms. The van der Waals surface area contributed by atoms with Crippen molar-refractivity contribution in [2.24, 2.45) is 0 Å². The number of aliphatic hydroxyl groups is 1. The summed E-state index contributed by atoms with van der Waals surface area (Å²) >= 11 is 0. The Balaban J connectivity index is 0.000000586. The van der Waals surface area contributed by atoms with Crippen LogP contribution in [0.15, 0.2) is 84.9 Å². The van der Waals surface area contributed by atoms with Crippen LogP contribution >= 0.6 is 0 Å². The average Bonchev–Trinajstić information content (AvgIpc) is 2.89. The number of benzene rings is 3. The van der Waals surface area contributed by atoms with Gasteiger partial charge in [-0.25, -0.2) is 0 Å². The second-order valence-electron chi connectivity index (χ2n) is 9.47. The number of hydrogen-bond donors (Lipinski definition) is 3. The standard InChI is InChI=1S/C27H29N3O2.CH4O3S/c31-26-23-13-7-8-14-24(23)30(25(28-26)21-9-3-1-4-10-21)20-19-29-17-15-27(32,16-18-29)22-11-5-2-6-12-22;1-5(2,3)4/h1-14,25,32H,15-20H2,(H,28,31);1H3,(H,2,3,4). The van der Waals surface area contributed by atoms with Crippen molar-refractivity contribution in [3.8, 4) is 0 Å². The summed E-state index contributed by atoms with van der Waals surface area (Å²) in [6.45, 7) is 3.37. The van der Waals surface area contributed by atoms with Gasteiger partial charge in [0, 0.05) is 26.2 Å². The Kier molecular flexibility index (Phi) is 8.29. The first-order valence-electron chi connectivity index (χ1n) is 12.3. The topological polar surface area (TPSA) is 110 Å². The third-order valence-corrected chi connectivity index (χ3v) is 6.80. The molecular weight excluding hydrogens is 490 g/mol. The molecule has 1 saturated heterocycles. The number of rotatable bonds is 5. The Bertz CT molecular complexity index is 1290. The molecule has 1 unspecified atom stereocenters. The number of para-hydroxylation sites is 1. The monoisotopic (exact) mass is 523 g/mol. The van der Waals surface area contributed by atoms with Crippen LogP contribution < -0.4 is 10.2 Å². The molecule has 1 fully saturated rings. The van der Waals surface area contributed by atoms with Gasteiger partial charge in [0.2, 0.25) is 0 Å². The Morgan fingerprint density at radius 1 is 0.892 bits per heavy atom. The Morgan fingerprint density at radius 3 is 2.05 bits per heavy atom. The zero-order chi connectivity index (χ0) is 26.5. The van der Waals surface area contributed by atoms with Crippen LogP contribution in [0, 0.1) is 0 Å². The molecule has 8 nitrogen and oxygen atoms in total. The largest absolute Gasteiger partial charge is 0.385 e. The molecule has 37 heavy (non-hydrogen) atoms. The van der Waals surface area contributed by atoms with E-state index in [2.05, 4.69) is 27.2 Å². The summed E-state index contributed by atoms with van der Waals surface area (Å²) in [5.74, 6) is -0.0309. The van der Waals surface area contributed by atoms with E-state index in [9.17, 15) is 18.3 Å². The minimum atomic E-state index is -3.67. The van der Waals surface area contributed by atoms with Crippen LogP contribution in [-0.4, -0.2) is 61.3 Å². The first-order valence-corrected chi connectivity index (χ1v) is 14.1. The minimum Gasteiger partial charge on any atom is -0.385 e. The van der Waals surface area contributed by atoms with Crippen LogP contribution in [-0.2, 0) is 15.7 Å². The highest BCUT2D eigenvalue weighted by Crippen LogP contribution is 2.35. The van der Waals surface area contributed by atoms with Crippen LogP contribution in [0.5, 0.6) is 0 Å². The quantitative estimate of drug-likeness (QED) is 0.440. The molecule has 0 aromatic heterocycles. The molecule has 1 amide bonds. The number of likely N-dealkylation sites (tertiary alicyclic amines) is 1. The summed E-state index contributed by atoms with van der Waals surface area (Å²) in [6.07, 6.45) is 1.98. The van der Waals surface area contributed by atoms with Crippen molar-refractivity contribution in [2.75, 3.05) is 37.3 Å². The van der Waals surface area contributed by atoms with E-state index in [0.29, 0.717) is 6.26 Å². The molecule has 196 valence electrons. The first-order chi connectivity index (χ1) is 17.6. The summed E-state index contributed by atoms with van der Waals surface area (Å²) in [7, 11) is -3.67. The first kappa shape index (κ1) is 26.8. The SMILES string of the molecule is CS(=O)(=O)O.O=C1NC(c2ccccc2)N(CCN2CCC(O)(c3ccccc3)CC2)c2ccccc21. The maximum atomic E-state index is 12.8. The van der Waals surface area contributed by atoms with E-state index in [0.717, 1.165) is 61.4 Å². The summed E-state index contributed by atoms with van der Waals surface area (Å²) in [5, 5.41) is 14.3. The van der Waals surface area contributed by atoms with Gasteiger partial charge >= 0.3 is 0 Å². The molecule has 0 aliphatic carbocycles. The van der Waals surface area contributed by atoms with Gasteiger partial charge in [0.05, 0.1) is 23.1 Å². The second-order valence-corrected chi connectivity index (χ2v) is 10.9. The van der Waals surface area contributed by atoms with E-state index in [1.165, 1.54) is 0 Å². The third kappa shape index (κ3) is 6.95. The molecule has 3 aromatic carbocycles. The number of anilines is 1. The van der Waals surface area contributed by atoms with E-state index in [4.69, 9.17) is 4.55 Å². The number of nitrogens with zero attached hydrogens (tertiary/aromatic N) is 2. The van der Waals surface area contributed by atoms with Crippen molar-refractivity contribution in [3.05, 3.63) is 102 Å². The minimum absolute atomic E-state index is 0.0309. The highest BCUT2D eigenvalue weighted by Gasteiger charge is 2.35. The van der Waals surface area contributed by atoms with Crippen LogP contribution in [0.1, 0.15) is 40.5 Å². The fourth-order valence-corrected chi connectivity index (χ4v) is 4.92. The summed E-state index contributed by atoms with van der Waals surface area (Å²) in [6, 6.07) is 28.0. The van der Waals surface area contributed by atoms with Gasteiger partial charge in [-0.3, -0.25) is 9.35 Å².